The van der Waals surface area contributed by atoms with E-state index in [9.17, 15) is 19.5 Å². The fourth-order valence-corrected chi connectivity index (χ4v) is 9.12. The van der Waals surface area contributed by atoms with Gasteiger partial charge in [0.2, 0.25) is 17.7 Å². The summed E-state index contributed by atoms with van der Waals surface area (Å²) in [5.41, 5.74) is -1.06. The van der Waals surface area contributed by atoms with Crippen LogP contribution in [0, 0.1) is 17.3 Å². The Morgan fingerprint density at radius 2 is 1.75 bits per heavy atom. The molecule has 288 valence electrons. The third kappa shape index (κ3) is 8.65. The fraction of sp³-hybridized carbons (Fsp3) is 0.667. The average Bonchev–Trinajstić information content (AvgIpc) is 3.73. The van der Waals surface area contributed by atoms with E-state index in [0.717, 1.165) is 24.8 Å². The summed E-state index contributed by atoms with van der Waals surface area (Å²) in [7, 11) is 1.71. The average molecular weight is 722 g/mol. The van der Waals surface area contributed by atoms with Gasteiger partial charge in [-0.2, -0.15) is 0 Å². The van der Waals surface area contributed by atoms with Crippen LogP contribution in [0.3, 0.4) is 0 Å². The van der Waals surface area contributed by atoms with Crippen LogP contribution < -0.4 is 0 Å². The molecule has 3 saturated heterocycles. The van der Waals surface area contributed by atoms with Gasteiger partial charge < -0.3 is 29.3 Å². The third-order valence-electron chi connectivity index (χ3n) is 11.3. The lowest BCUT2D eigenvalue weighted by Gasteiger charge is -2.45. The number of likely N-dealkylation sites (tertiary alicyclic amines) is 1. The minimum absolute atomic E-state index is 0.0736. The molecule has 1 aromatic carbocycles. The molecule has 3 aliphatic heterocycles. The summed E-state index contributed by atoms with van der Waals surface area (Å²) in [6.07, 6.45) is 7.55. The number of allylic oxidation sites excluding steroid dienone is 1. The van der Waals surface area contributed by atoms with Gasteiger partial charge in [0, 0.05) is 38.7 Å². The lowest BCUT2D eigenvalue weighted by atomic mass is 9.70. The number of aliphatic hydroxyl groups excluding tert-OH is 1. The number of likely N-dealkylation sites (N-methyl/N-ethyl adjacent to an activating group) is 1. The highest BCUT2D eigenvalue weighted by atomic mass is 16.6. The molecule has 2 bridgehead atoms. The molecular weight excluding hydrogens is 658 g/mol. The number of unbranched alkanes of at least 4 members (excludes halogenated alkanes) is 3. The van der Waals surface area contributed by atoms with E-state index in [1.165, 1.54) is 0 Å². The van der Waals surface area contributed by atoms with Gasteiger partial charge in [0.15, 0.2) is 0 Å². The normalized spacial score (nSPS) is 25.0. The number of amides is 3. The van der Waals surface area contributed by atoms with Crippen LogP contribution in [0.25, 0.3) is 0 Å². The number of carbonyl (C=O) groups excluding carboxylic acids is 4. The molecule has 4 rings (SSSR count). The molecule has 3 amide bonds. The molecule has 7 atom stereocenters. The standard InChI is InChI=1S/C42H63N3O7/c1-10-12-22-32(47)43(9)29(3)35(30-20-16-15-17-21-30)51-39(50)33-31-23-24-42(52-31)34(33)37(48)44(26-18-13-14-19-27-46)36(42)38(49)45(25-11-2)41(7,8)28-40(4,5)6/h10-11,15-17,20-21,29,31,33-36,46H,1-2,12-14,18-19,22-28H2,3-9H3/t29-,31+,33-,34-,35+,36+,42-/m1/s1. The van der Waals surface area contributed by atoms with Crippen molar-refractivity contribution in [3.63, 3.8) is 0 Å². The van der Waals surface area contributed by atoms with Gasteiger partial charge in [-0.25, -0.2) is 0 Å². The van der Waals surface area contributed by atoms with Crippen molar-refractivity contribution in [3.05, 3.63) is 61.2 Å². The van der Waals surface area contributed by atoms with Crippen LogP contribution in [0.2, 0.25) is 0 Å². The number of ether oxygens (including phenoxy) is 2. The molecular formula is C42H63N3O7. The lowest BCUT2D eigenvalue weighted by Crippen LogP contribution is -2.61. The van der Waals surface area contributed by atoms with Gasteiger partial charge in [0.25, 0.3) is 0 Å². The highest BCUT2D eigenvalue weighted by molar-refractivity contribution is 5.98. The van der Waals surface area contributed by atoms with Crippen LogP contribution in [0.15, 0.2) is 55.6 Å². The van der Waals surface area contributed by atoms with Gasteiger partial charge in [-0.3, -0.25) is 19.2 Å². The fourth-order valence-electron chi connectivity index (χ4n) is 9.12. The van der Waals surface area contributed by atoms with Gasteiger partial charge in [0.05, 0.1) is 24.0 Å². The minimum atomic E-state index is -1.17. The molecule has 1 N–H and O–H groups in total. The minimum Gasteiger partial charge on any atom is -0.455 e. The van der Waals surface area contributed by atoms with Crippen molar-refractivity contribution in [3.8, 4) is 0 Å². The molecule has 3 aliphatic rings. The first-order chi connectivity index (χ1) is 24.5. The molecule has 10 heteroatoms. The van der Waals surface area contributed by atoms with Gasteiger partial charge in [-0.05, 0) is 70.3 Å². The Kier molecular flexibility index (Phi) is 13.6. The Balaban J connectivity index is 1.70. The molecule has 52 heavy (non-hydrogen) atoms. The Bertz CT molecular complexity index is 1440. The summed E-state index contributed by atoms with van der Waals surface area (Å²) in [5.74, 6) is -2.85. The zero-order valence-electron chi connectivity index (χ0n) is 32.6. The lowest BCUT2D eigenvalue weighted by molar-refractivity contribution is -0.164. The molecule has 0 unspecified atom stereocenters. The van der Waals surface area contributed by atoms with E-state index < -0.39 is 53.2 Å². The monoisotopic (exact) mass is 721 g/mol. The van der Waals surface area contributed by atoms with Crippen molar-refractivity contribution in [2.45, 2.75) is 135 Å². The summed E-state index contributed by atoms with van der Waals surface area (Å²) < 4.78 is 13.2. The molecule has 3 fully saturated rings. The maximum absolute atomic E-state index is 15.0. The van der Waals surface area contributed by atoms with E-state index in [1.807, 2.05) is 42.2 Å². The van der Waals surface area contributed by atoms with E-state index in [2.05, 4.69) is 47.8 Å². The van der Waals surface area contributed by atoms with Crippen molar-refractivity contribution >= 4 is 23.7 Å². The zero-order valence-corrected chi connectivity index (χ0v) is 32.6. The van der Waals surface area contributed by atoms with Crippen LogP contribution in [0.1, 0.15) is 111 Å². The first-order valence-electron chi connectivity index (χ1n) is 19.2. The maximum atomic E-state index is 15.0. The number of rotatable bonds is 19. The number of nitrogens with zero attached hydrogens (tertiary/aromatic N) is 3. The summed E-state index contributed by atoms with van der Waals surface area (Å²) in [4.78, 5) is 62.5. The summed E-state index contributed by atoms with van der Waals surface area (Å²) in [5, 5.41) is 9.32. The predicted molar refractivity (Wildman–Crippen MR) is 202 cm³/mol. The number of aliphatic hydroxyl groups is 1. The Labute approximate surface area is 311 Å². The zero-order chi connectivity index (χ0) is 38.4. The SMILES string of the molecule is C=CCCC(=O)N(C)[C@H](C)[C@H](OC(=O)[C@@H]1[C@@H]2CC[C@]3(O2)[C@H](C(=O)N(CC=C)C(C)(C)CC(C)(C)C)N(CCCCCCO)C(=O)[C@@H]13)c1ccccc1. The summed E-state index contributed by atoms with van der Waals surface area (Å²) in [6, 6.07) is 7.95. The number of hydrogen-bond donors (Lipinski definition) is 1. The maximum Gasteiger partial charge on any atom is 0.313 e. The van der Waals surface area contributed by atoms with Gasteiger partial charge in [-0.15, -0.1) is 13.2 Å². The summed E-state index contributed by atoms with van der Waals surface area (Å²) in [6.45, 7) is 20.9. The van der Waals surface area contributed by atoms with E-state index in [-0.39, 0.29) is 36.2 Å². The summed E-state index contributed by atoms with van der Waals surface area (Å²) >= 11 is 0. The number of benzene rings is 1. The Morgan fingerprint density at radius 3 is 2.37 bits per heavy atom. The second kappa shape index (κ2) is 17.1. The van der Waals surface area contributed by atoms with Crippen LogP contribution in [-0.2, 0) is 28.7 Å². The molecule has 10 nitrogen and oxygen atoms in total. The van der Waals surface area contributed by atoms with Gasteiger partial charge in [-0.1, -0.05) is 76.1 Å². The molecule has 0 radical (unpaired) electrons. The van der Waals surface area contributed by atoms with Crippen LogP contribution in [0.4, 0.5) is 0 Å². The Hall–Kier alpha value is -3.50. The highest BCUT2D eigenvalue weighted by Gasteiger charge is 2.75. The van der Waals surface area contributed by atoms with E-state index in [4.69, 9.17) is 9.47 Å². The predicted octanol–water partition coefficient (Wildman–Crippen LogP) is 6.24. The van der Waals surface area contributed by atoms with Gasteiger partial charge >= 0.3 is 5.97 Å². The largest absolute Gasteiger partial charge is 0.455 e. The van der Waals surface area contributed by atoms with Crippen LogP contribution in [-0.4, -0.2) is 99.6 Å². The quantitative estimate of drug-likeness (QED) is 0.102. The first kappa shape index (κ1) is 41.3. The topological polar surface area (TPSA) is 117 Å². The number of esters is 1. The Morgan fingerprint density at radius 1 is 1.08 bits per heavy atom. The smallest absolute Gasteiger partial charge is 0.313 e. The second-order valence-corrected chi connectivity index (χ2v) is 16.9. The number of hydrogen-bond acceptors (Lipinski definition) is 7. The number of fused-ring (bicyclic) bond motifs is 1. The molecule has 1 spiro atoms. The van der Waals surface area contributed by atoms with Crippen molar-refractivity contribution < 1.29 is 33.8 Å². The molecule has 0 aliphatic carbocycles. The molecule has 3 heterocycles. The second-order valence-electron chi connectivity index (χ2n) is 16.9. The van der Waals surface area contributed by atoms with E-state index in [0.29, 0.717) is 45.2 Å². The van der Waals surface area contributed by atoms with Crippen LogP contribution >= 0.6 is 0 Å². The van der Waals surface area contributed by atoms with E-state index >= 15 is 4.79 Å². The molecule has 0 saturated carbocycles. The van der Waals surface area contributed by atoms with Crippen LogP contribution in [0.5, 0.6) is 0 Å². The first-order valence-corrected chi connectivity index (χ1v) is 19.2. The highest BCUT2D eigenvalue weighted by Crippen LogP contribution is 2.59. The van der Waals surface area contributed by atoms with Crippen molar-refractivity contribution in [1.29, 1.82) is 0 Å². The van der Waals surface area contributed by atoms with Crippen molar-refractivity contribution in [2.75, 3.05) is 26.7 Å². The van der Waals surface area contributed by atoms with Crippen molar-refractivity contribution in [1.82, 2.24) is 14.7 Å². The van der Waals surface area contributed by atoms with Gasteiger partial charge in [0.1, 0.15) is 17.7 Å². The third-order valence-corrected chi connectivity index (χ3v) is 11.3. The molecule has 0 aromatic heterocycles. The molecule has 1 aromatic rings. The van der Waals surface area contributed by atoms with E-state index in [1.54, 1.807) is 29.0 Å². The van der Waals surface area contributed by atoms with Crippen molar-refractivity contribution in [2.24, 2.45) is 17.3 Å². The number of carbonyl (C=O) groups is 4.